The lowest BCUT2D eigenvalue weighted by Crippen LogP contribution is -2.51. The van der Waals surface area contributed by atoms with Crippen molar-refractivity contribution in [2.75, 3.05) is 42.0 Å². The van der Waals surface area contributed by atoms with Crippen LogP contribution in [0.1, 0.15) is 6.92 Å². The summed E-state index contributed by atoms with van der Waals surface area (Å²) in [4.78, 5) is 34.2. The number of carbonyl (C=O) groups is 2. The molecule has 0 aliphatic carbocycles. The minimum atomic E-state index is -0.314. The van der Waals surface area contributed by atoms with Crippen LogP contribution in [0.2, 0.25) is 0 Å². The second-order valence-corrected chi connectivity index (χ2v) is 9.90. The van der Waals surface area contributed by atoms with E-state index in [0.717, 1.165) is 47.3 Å². The van der Waals surface area contributed by atoms with Gasteiger partial charge in [-0.15, -0.1) is 11.8 Å². The van der Waals surface area contributed by atoms with Crippen molar-refractivity contribution in [3.05, 3.63) is 24.3 Å². The van der Waals surface area contributed by atoms with Crippen LogP contribution in [-0.2, 0) is 16.1 Å². The van der Waals surface area contributed by atoms with Crippen LogP contribution >= 0.6 is 35.3 Å². The number of fused-ring (bicyclic) bond motifs is 1. The highest BCUT2D eigenvalue weighted by atomic mass is 32.2. The summed E-state index contributed by atoms with van der Waals surface area (Å²) >= 11 is 5.02. The molecule has 0 saturated carbocycles. The standard InChI is InChI=1S/C19H24N4O2S3/c1-2-22-15-6-4-3-5-14(15)20-19(22)28-12-17(24)23-13-27-11-16(23)18(25)21-7-9-26-10-8-21/h3-6,16H,2,7-13H2,1H3. The van der Waals surface area contributed by atoms with Crippen molar-refractivity contribution in [1.82, 2.24) is 19.4 Å². The van der Waals surface area contributed by atoms with E-state index in [9.17, 15) is 9.59 Å². The van der Waals surface area contributed by atoms with E-state index in [1.54, 1.807) is 16.7 Å². The van der Waals surface area contributed by atoms with E-state index in [2.05, 4.69) is 22.5 Å². The van der Waals surface area contributed by atoms with E-state index in [-0.39, 0.29) is 17.9 Å². The number of aromatic nitrogens is 2. The van der Waals surface area contributed by atoms with E-state index in [4.69, 9.17) is 0 Å². The van der Waals surface area contributed by atoms with Gasteiger partial charge in [0.2, 0.25) is 11.8 Å². The molecule has 2 aliphatic rings. The largest absolute Gasteiger partial charge is 0.339 e. The third kappa shape index (κ3) is 4.02. The van der Waals surface area contributed by atoms with Gasteiger partial charge in [-0.25, -0.2) is 4.98 Å². The molecule has 9 heteroatoms. The third-order valence-electron chi connectivity index (χ3n) is 5.07. The molecule has 0 spiro atoms. The molecular formula is C19H24N4O2S3. The van der Waals surface area contributed by atoms with E-state index >= 15 is 0 Å². The molecule has 2 fully saturated rings. The first-order valence-electron chi connectivity index (χ1n) is 9.51. The topological polar surface area (TPSA) is 58.4 Å². The molecule has 150 valence electrons. The Balaban J connectivity index is 1.42. The first-order chi connectivity index (χ1) is 13.7. The highest BCUT2D eigenvalue weighted by Gasteiger charge is 2.37. The van der Waals surface area contributed by atoms with Gasteiger partial charge in [-0.05, 0) is 19.1 Å². The number of carbonyl (C=O) groups excluding carboxylic acids is 2. The van der Waals surface area contributed by atoms with Gasteiger partial charge in [-0.1, -0.05) is 23.9 Å². The van der Waals surface area contributed by atoms with Crippen LogP contribution in [0.15, 0.2) is 29.4 Å². The van der Waals surface area contributed by atoms with Gasteiger partial charge >= 0.3 is 0 Å². The van der Waals surface area contributed by atoms with Crippen molar-refractivity contribution in [3.8, 4) is 0 Å². The summed E-state index contributed by atoms with van der Waals surface area (Å²) in [6, 6.07) is 7.72. The molecule has 0 N–H and O–H groups in total. The summed E-state index contributed by atoms with van der Waals surface area (Å²) in [6.07, 6.45) is 0. The Hall–Kier alpha value is -1.32. The monoisotopic (exact) mass is 436 g/mol. The molecule has 1 aromatic carbocycles. The predicted octanol–water partition coefficient (Wildman–Crippen LogP) is 2.63. The number of amides is 2. The number of benzene rings is 1. The maximum atomic E-state index is 12.9. The van der Waals surface area contributed by atoms with Crippen LogP contribution in [0.4, 0.5) is 0 Å². The molecule has 0 bridgehead atoms. The van der Waals surface area contributed by atoms with Gasteiger partial charge in [0.1, 0.15) is 6.04 Å². The zero-order valence-corrected chi connectivity index (χ0v) is 18.3. The van der Waals surface area contributed by atoms with E-state index in [1.807, 2.05) is 34.9 Å². The lowest BCUT2D eigenvalue weighted by atomic mass is 10.2. The quantitative estimate of drug-likeness (QED) is 0.672. The van der Waals surface area contributed by atoms with E-state index in [1.165, 1.54) is 11.8 Å². The third-order valence-corrected chi connectivity index (χ3v) is 7.99. The Morgan fingerprint density at radius 1 is 1.21 bits per heavy atom. The zero-order chi connectivity index (χ0) is 19.5. The van der Waals surface area contributed by atoms with Gasteiger partial charge < -0.3 is 14.4 Å². The fourth-order valence-corrected chi connectivity index (χ4v) is 6.61. The summed E-state index contributed by atoms with van der Waals surface area (Å²) < 4.78 is 2.14. The average Bonchev–Trinajstić information content (AvgIpc) is 3.36. The van der Waals surface area contributed by atoms with Gasteiger partial charge in [-0.2, -0.15) is 11.8 Å². The van der Waals surface area contributed by atoms with Crippen molar-refractivity contribution >= 4 is 58.1 Å². The Bertz CT molecular complexity index is 866. The van der Waals surface area contributed by atoms with Gasteiger partial charge in [0, 0.05) is 36.9 Å². The summed E-state index contributed by atoms with van der Waals surface area (Å²) in [5.41, 5.74) is 2.04. The Morgan fingerprint density at radius 2 is 2.00 bits per heavy atom. The van der Waals surface area contributed by atoms with Crippen LogP contribution < -0.4 is 0 Å². The van der Waals surface area contributed by atoms with Gasteiger partial charge in [-0.3, -0.25) is 9.59 Å². The summed E-state index contributed by atoms with van der Waals surface area (Å²) in [5.74, 6) is 3.72. The smallest absolute Gasteiger partial charge is 0.246 e. The fraction of sp³-hybridized carbons (Fsp3) is 0.526. The number of thioether (sulfide) groups is 3. The highest BCUT2D eigenvalue weighted by Crippen LogP contribution is 2.27. The Labute approximate surface area is 177 Å². The molecule has 0 radical (unpaired) electrons. The molecule has 2 aliphatic heterocycles. The number of rotatable bonds is 5. The normalized spacial score (nSPS) is 20.1. The Morgan fingerprint density at radius 3 is 2.79 bits per heavy atom. The number of nitrogens with zero attached hydrogens (tertiary/aromatic N) is 4. The summed E-state index contributed by atoms with van der Waals surface area (Å²) in [5, 5.41) is 0.861. The molecule has 2 aromatic rings. The molecule has 2 amide bonds. The van der Waals surface area contributed by atoms with Crippen molar-refractivity contribution in [1.29, 1.82) is 0 Å². The van der Waals surface area contributed by atoms with Gasteiger partial charge in [0.05, 0.1) is 22.7 Å². The van der Waals surface area contributed by atoms with Crippen LogP contribution in [0.3, 0.4) is 0 Å². The van der Waals surface area contributed by atoms with Gasteiger partial charge in [0.25, 0.3) is 0 Å². The summed E-state index contributed by atoms with van der Waals surface area (Å²) in [6.45, 7) is 4.48. The predicted molar refractivity (Wildman–Crippen MR) is 118 cm³/mol. The second kappa shape index (κ2) is 9.00. The minimum Gasteiger partial charge on any atom is -0.339 e. The van der Waals surface area contributed by atoms with Crippen LogP contribution in [-0.4, -0.2) is 79.2 Å². The van der Waals surface area contributed by atoms with Crippen LogP contribution in [0.25, 0.3) is 11.0 Å². The summed E-state index contributed by atoms with van der Waals surface area (Å²) in [7, 11) is 0. The SMILES string of the molecule is CCn1c(SCC(=O)N2CSCC2C(=O)N2CCSCC2)nc2ccccc21. The van der Waals surface area contributed by atoms with Crippen molar-refractivity contribution in [2.24, 2.45) is 0 Å². The van der Waals surface area contributed by atoms with Crippen molar-refractivity contribution < 1.29 is 9.59 Å². The molecular weight excluding hydrogens is 412 g/mol. The number of imidazole rings is 1. The Kier molecular flexibility index (Phi) is 6.42. The molecule has 28 heavy (non-hydrogen) atoms. The van der Waals surface area contributed by atoms with E-state index in [0.29, 0.717) is 17.4 Å². The molecule has 1 aromatic heterocycles. The average molecular weight is 437 g/mol. The maximum Gasteiger partial charge on any atom is 0.246 e. The molecule has 6 nitrogen and oxygen atoms in total. The molecule has 2 saturated heterocycles. The lowest BCUT2D eigenvalue weighted by Gasteiger charge is -2.32. The first kappa shape index (κ1) is 20.0. The van der Waals surface area contributed by atoms with Gasteiger partial charge in [0.15, 0.2) is 5.16 Å². The molecule has 4 rings (SSSR count). The molecule has 1 atom stereocenters. The van der Waals surface area contributed by atoms with Crippen LogP contribution in [0, 0.1) is 0 Å². The molecule has 3 heterocycles. The second-order valence-electron chi connectivity index (χ2n) is 6.73. The van der Waals surface area contributed by atoms with Crippen LogP contribution in [0.5, 0.6) is 0 Å². The van der Waals surface area contributed by atoms with Crippen molar-refractivity contribution in [3.63, 3.8) is 0 Å². The lowest BCUT2D eigenvalue weighted by molar-refractivity contribution is -0.141. The number of hydrogen-bond donors (Lipinski definition) is 0. The maximum absolute atomic E-state index is 12.9. The minimum absolute atomic E-state index is 0.0226. The van der Waals surface area contributed by atoms with E-state index < -0.39 is 0 Å². The fourth-order valence-electron chi connectivity index (χ4n) is 3.57. The number of para-hydroxylation sites is 2. The molecule has 1 unspecified atom stereocenters. The zero-order valence-electron chi connectivity index (χ0n) is 15.9. The number of aryl methyl sites for hydroxylation is 1. The first-order valence-corrected chi connectivity index (χ1v) is 12.8. The highest BCUT2D eigenvalue weighted by molar-refractivity contribution is 8.00. The van der Waals surface area contributed by atoms with Crippen molar-refractivity contribution in [2.45, 2.75) is 24.7 Å². The number of hydrogen-bond acceptors (Lipinski definition) is 6.